The van der Waals surface area contributed by atoms with Crippen LogP contribution in [-0.4, -0.2) is 24.0 Å². The molecule has 1 nitrogen and oxygen atoms in total. The molecule has 1 aliphatic heterocycles. The third-order valence-corrected chi connectivity index (χ3v) is 5.78. The lowest BCUT2D eigenvalue weighted by Crippen LogP contribution is -2.42. The number of aryl methyl sites for hydroxylation is 1. The van der Waals surface area contributed by atoms with Crippen molar-refractivity contribution in [2.75, 3.05) is 13.1 Å². The number of benzene rings is 1. The van der Waals surface area contributed by atoms with Crippen LogP contribution in [0.1, 0.15) is 68.9 Å². The molecule has 0 unspecified atom stereocenters. The van der Waals surface area contributed by atoms with E-state index in [1.54, 1.807) is 0 Å². The molecule has 0 bridgehead atoms. The third kappa shape index (κ3) is 3.63. The molecule has 116 valence electrons. The van der Waals surface area contributed by atoms with Crippen molar-refractivity contribution in [1.29, 1.82) is 0 Å². The van der Waals surface area contributed by atoms with Crippen molar-refractivity contribution in [3.8, 4) is 0 Å². The molecule has 3 rings (SSSR count). The Balaban J connectivity index is 1.64. The second kappa shape index (κ2) is 7.15. The zero-order chi connectivity index (χ0) is 14.7. The number of nitrogens with zero attached hydrogens (tertiary/aromatic N) is 1. The molecule has 0 spiro atoms. The van der Waals surface area contributed by atoms with Crippen LogP contribution in [0.15, 0.2) is 18.2 Å². The monoisotopic (exact) mass is 305 g/mol. The van der Waals surface area contributed by atoms with Crippen molar-refractivity contribution in [2.45, 2.75) is 70.3 Å². The summed E-state index contributed by atoms with van der Waals surface area (Å²) in [5.41, 5.74) is 3.02. The fourth-order valence-corrected chi connectivity index (χ4v) is 4.47. The SMILES string of the molecule is CCc1ccc(Cl)cc1C1CCN(C2CCCCC2)CC1. The summed E-state index contributed by atoms with van der Waals surface area (Å²) in [6.45, 7) is 4.82. The van der Waals surface area contributed by atoms with Crippen LogP contribution in [0, 0.1) is 0 Å². The number of hydrogen-bond acceptors (Lipinski definition) is 1. The molecule has 0 atom stereocenters. The summed E-state index contributed by atoms with van der Waals surface area (Å²) in [6.07, 6.45) is 10.9. The van der Waals surface area contributed by atoms with Gasteiger partial charge < -0.3 is 4.90 Å². The topological polar surface area (TPSA) is 3.24 Å². The molecule has 1 aliphatic carbocycles. The molecular weight excluding hydrogens is 278 g/mol. The van der Waals surface area contributed by atoms with Gasteiger partial charge in [-0.25, -0.2) is 0 Å². The van der Waals surface area contributed by atoms with Gasteiger partial charge in [-0.05, 0) is 74.4 Å². The van der Waals surface area contributed by atoms with Crippen molar-refractivity contribution in [1.82, 2.24) is 4.90 Å². The molecule has 1 saturated heterocycles. The number of rotatable bonds is 3. The smallest absolute Gasteiger partial charge is 0.0409 e. The Labute approximate surface area is 134 Å². The molecule has 2 heteroatoms. The highest BCUT2D eigenvalue weighted by atomic mass is 35.5. The predicted octanol–water partition coefficient (Wildman–Crippen LogP) is 5.41. The number of halogens is 1. The molecule has 2 aliphatic rings. The van der Waals surface area contributed by atoms with Gasteiger partial charge in [0.1, 0.15) is 0 Å². The van der Waals surface area contributed by atoms with E-state index < -0.39 is 0 Å². The second-order valence-corrected chi connectivity index (χ2v) is 7.24. The van der Waals surface area contributed by atoms with Crippen LogP contribution in [0.3, 0.4) is 0 Å². The zero-order valence-corrected chi connectivity index (χ0v) is 14.0. The van der Waals surface area contributed by atoms with Gasteiger partial charge in [-0.15, -0.1) is 0 Å². The third-order valence-electron chi connectivity index (χ3n) is 5.55. The van der Waals surface area contributed by atoms with Crippen LogP contribution >= 0.6 is 11.6 Å². The first-order valence-electron chi connectivity index (χ1n) is 8.80. The van der Waals surface area contributed by atoms with E-state index in [1.165, 1.54) is 69.2 Å². The van der Waals surface area contributed by atoms with E-state index in [2.05, 4.69) is 24.0 Å². The highest BCUT2D eigenvalue weighted by molar-refractivity contribution is 6.30. The highest BCUT2D eigenvalue weighted by Gasteiger charge is 2.27. The average Bonchev–Trinajstić information content (AvgIpc) is 2.56. The molecular formula is C19H28ClN. The fourth-order valence-electron chi connectivity index (χ4n) is 4.29. The molecule has 21 heavy (non-hydrogen) atoms. The minimum absolute atomic E-state index is 0.721. The lowest BCUT2D eigenvalue weighted by atomic mass is 9.84. The summed E-state index contributed by atoms with van der Waals surface area (Å²) in [5.74, 6) is 0.721. The summed E-state index contributed by atoms with van der Waals surface area (Å²) in [4.78, 5) is 2.77. The molecule has 2 fully saturated rings. The molecule has 1 saturated carbocycles. The minimum Gasteiger partial charge on any atom is -0.300 e. The van der Waals surface area contributed by atoms with Crippen LogP contribution in [0.2, 0.25) is 5.02 Å². The van der Waals surface area contributed by atoms with Crippen LogP contribution in [0.4, 0.5) is 0 Å². The van der Waals surface area contributed by atoms with Crippen molar-refractivity contribution in [3.63, 3.8) is 0 Å². The summed E-state index contributed by atoms with van der Waals surface area (Å²) < 4.78 is 0. The number of hydrogen-bond donors (Lipinski definition) is 0. The maximum Gasteiger partial charge on any atom is 0.0409 e. The Morgan fingerprint density at radius 2 is 1.76 bits per heavy atom. The Bertz CT molecular complexity index is 457. The zero-order valence-electron chi connectivity index (χ0n) is 13.3. The normalized spacial score (nSPS) is 22.6. The molecule has 0 radical (unpaired) electrons. The standard InChI is InChI=1S/C19H28ClN/c1-2-15-8-9-17(20)14-19(15)16-10-12-21(13-11-16)18-6-4-3-5-7-18/h8-9,14,16,18H,2-7,10-13H2,1H3. The van der Waals surface area contributed by atoms with E-state index in [0.29, 0.717) is 0 Å². The first kappa shape index (κ1) is 15.4. The van der Waals surface area contributed by atoms with Gasteiger partial charge in [-0.1, -0.05) is 43.9 Å². The minimum atomic E-state index is 0.721. The summed E-state index contributed by atoms with van der Waals surface area (Å²) in [7, 11) is 0. The van der Waals surface area contributed by atoms with Gasteiger partial charge in [0.15, 0.2) is 0 Å². The average molecular weight is 306 g/mol. The maximum atomic E-state index is 6.23. The lowest BCUT2D eigenvalue weighted by Gasteiger charge is -2.39. The van der Waals surface area contributed by atoms with Gasteiger partial charge >= 0.3 is 0 Å². The van der Waals surface area contributed by atoms with Crippen LogP contribution < -0.4 is 0 Å². The van der Waals surface area contributed by atoms with Crippen LogP contribution in [0.5, 0.6) is 0 Å². The van der Waals surface area contributed by atoms with Gasteiger partial charge in [0.2, 0.25) is 0 Å². The van der Waals surface area contributed by atoms with Gasteiger partial charge in [0.05, 0.1) is 0 Å². The van der Waals surface area contributed by atoms with Gasteiger partial charge in [-0.2, -0.15) is 0 Å². The Morgan fingerprint density at radius 1 is 1.05 bits per heavy atom. The molecule has 0 amide bonds. The van der Waals surface area contributed by atoms with E-state index >= 15 is 0 Å². The van der Waals surface area contributed by atoms with Gasteiger partial charge in [0.25, 0.3) is 0 Å². The van der Waals surface area contributed by atoms with Crippen molar-refractivity contribution >= 4 is 11.6 Å². The van der Waals surface area contributed by atoms with E-state index in [1.807, 2.05) is 6.07 Å². The lowest BCUT2D eigenvalue weighted by molar-refractivity contribution is 0.122. The van der Waals surface area contributed by atoms with Crippen molar-refractivity contribution in [3.05, 3.63) is 34.3 Å². The predicted molar refractivity (Wildman–Crippen MR) is 91.3 cm³/mol. The van der Waals surface area contributed by atoms with E-state index in [4.69, 9.17) is 11.6 Å². The maximum absolute atomic E-state index is 6.23. The van der Waals surface area contributed by atoms with Crippen LogP contribution in [-0.2, 0) is 6.42 Å². The van der Waals surface area contributed by atoms with Crippen molar-refractivity contribution in [2.24, 2.45) is 0 Å². The largest absolute Gasteiger partial charge is 0.300 e. The molecule has 0 N–H and O–H groups in total. The molecule has 1 heterocycles. The van der Waals surface area contributed by atoms with Gasteiger partial charge in [-0.3, -0.25) is 0 Å². The van der Waals surface area contributed by atoms with Crippen molar-refractivity contribution < 1.29 is 0 Å². The summed E-state index contributed by atoms with van der Waals surface area (Å²) >= 11 is 6.23. The molecule has 0 aromatic heterocycles. The highest BCUT2D eigenvalue weighted by Crippen LogP contribution is 2.34. The molecule has 1 aromatic rings. The summed E-state index contributed by atoms with van der Waals surface area (Å²) in [6, 6.07) is 7.37. The first-order chi connectivity index (χ1) is 10.3. The van der Waals surface area contributed by atoms with E-state index in [0.717, 1.165) is 23.4 Å². The Hall–Kier alpha value is -0.530. The van der Waals surface area contributed by atoms with E-state index in [9.17, 15) is 0 Å². The number of likely N-dealkylation sites (tertiary alicyclic amines) is 1. The number of piperidine rings is 1. The Kier molecular flexibility index (Phi) is 5.24. The van der Waals surface area contributed by atoms with Crippen LogP contribution in [0.25, 0.3) is 0 Å². The van der Waals surface area contributed by atoms with Gasteiger partial charge in [0, 0.05) is 11.1 Å². The van der Waals surface area contributed by atoms with E-state index in [-0.39, 0.29) is 0 Å². The molecule has 1 aromatic carbocycles. The second-order valence-electron chi connectivity index (χ2n) is 6.80. The first-order valence-corrected chi connectivity index (χ1v) is 9.18. The Morgan fingerprint density at radius 3 is 2.43 bits per heavy atom. The quantitative estimate of drug-likeness (QED) is 0.721. The summed E-state index contributed by atoms with van der Waals surface area (Å²) in [5, 5.41) is 0.900. The fraction of sp³-hybridized carbons (Fsp3) is 0.684.